The standard InChI is InChI=1S/C22H25N5O3S2/c1-26-15-14-23-21(26)19-12-13-20(31-19)32(29,30)27(2)18-10-8-17(9-11-18)25-22(28)24-16-6-4-3-5-7-16/h3-12,20H,13-15H2,1-2H3,(H2,24,25,28). The lowest BCUT2D eigenvalue weighted by molar-refractivity contribution is 0.262. The van der Waals surface area contributed by atoms with Gasteiger partial charge >= 0.3 is 6.03 Å². The van der Waals surface area contributed by atoms with Crippen molar-refractivity contribution in [3.8, 4) is 0 Å². The summed E-state index contributed by atoms with van der Waals surface area (Å²) in [5.74, 6) is 0.875. The van der Waals surface area contributed by atoms with E-state index in [0.29, 0.717) is 23.5 Å². The number of rotatable bonds is 6. The SMILES string of the molecule is CN1CCN=C1C1=CCC(S(=O)(=O)N(C)c2ccc(NC(=O)Nc3ccccc3)cc2)S1. The fourth-order valence-electron chi connectivity index (χ4n) is 3.46. The molecule has 32 heavy (non-hydrogen) atoms. The molecule has 2 heterocycles. The predicted molar refractivity (Wildman–Crippen MR) is 132 cm³/mol. The van der Waals surface area contributed by atoms with Gasteiger partial charge in [0.05, 0.1) is 12.2 Å². The number of amidine groups is 1. The largest absolute Gasteiger partial charge is 0.357 e. The summed E-state index contributed by atoms with van der Waals surface area (Å²) in [4.78, 5) is 19.6. The van der Waals surface area contributed by atoms with Crippen molar-refractivity contribution in [3.05, 3.63) is 65.6 Å². The quantitative estimate of drug-likeness (QED) is 0.669. The van der Waals surface area contributed by atoms with Crippen LogP contribution in [0.4, 0.5) is 21.9 Å². The molecule has 0 saturated heterocycles. The zero-order valence-electron chi connectivity index (χ0n) is 17.9. The molecule has 168 valence electrons. The Morgan fingerprint density at radius 3 is 2.38 bits per heavy atom. The lowest BCUT2D eigenvalue weighted by Crippen LogP contribution is -2.33. The minimum absolute atomic E-state index is 0.370. The third-order valence-corrected chi connectivity index (χ3v) is 9.18. The Hall–Kier alpha value is -2.98. The van der Waals surface area contributed by atoms with Crippen LogP contribution in [0.25, 0.3) is 0 Å². The van der Waals surface area contributed by atoms with Gasteiger partial charge in [-0.3, -0.25) is 9.30 Å². The maximum atomic E-state index is 13.2. The predicted octanol–water partition coefficient (Wildman–Crippen LogP) is 3.79. The first kappa shape index (κ1) is 22.2. The van der Waals surface area contributed by atoms with E-state index in [-0.39, 0.29) is 6.03 Å². The highest BCUT2D eigenvalue weighted by Gasteiger charge is 2.36. The van der Waals surface area contributed by atoms with Crippen molar-refractivity contribution >= 4 is 50.7 Å². The second-order valence-electron chi connectivity index (χ2n) is 7.48. The zero-order chi connectivity index (χ0) is 22.7. The highest BCUT2D eigenvalue weighted by Crippen LogP contribution is 2.39. The topological polar surface area (TPSA) is 94.1 Å². The van der Waals surface area contributed by atoms with Gasteiger partial charge < -0.3 is 15.5 Å². The first-order valence-electron chi connectivity index (χ1n) is 10.2. The fourth-order valence-corrected chi connectivity index (χ4v) is 6.75. The number of nitrogens with one attached hydrogen (secondary N) is 2. The van der Waals surface area contributed by atoms with Gasteiger partial charge in [0.15, 0.2) is 0 Å². The van der Waals surface area contributed by atoms with E-state index in [9.17, 15) is 13.2 Å². The molecule has 2 aliphatic heterocycles. The number of carbonyl (C=O) groups is 1. The number of sulfonamides is 1. The minimum Gasteiger partial charge on any atom is -0.357 e. The molecule has 2 aromatic carbocycles. The number of allylic oxidation sites excluding steroid dienone is 1. The van der Waals surface area contributed by atoms with Gasteiger partial charge in [-0.05, 0) is 42.8 Å². The Morgan fingerprint density at radius 2 is 1.75 bits per heavy atom. The third kappa shape index (κ3) is 4.76. The number of hydrogen-bond acceptors (Lipinski definition) is 6. The molecule has 1 atom stereocenters. The second kappa shape index (κ2) is 9.25. The number of benzene rings is 2. The molecule has 0 aliphatic carbocycles. The number of urea groups is 1. The summed E-state index contributed by atoms with van der Waals surface area (Å²) >= 11 is 1.35. The highest BCUT2D eigenvalue weighted by atomic mass is 32.3. The molecule has 0 radical (unpaired) electrons. The summed E-state index contributed by atoms with van der Waals surface area (Å²) in [5.41, 5.74) is 1.78. The first-order chi connectivity index (χ1) is 15.3. The maximum absolute atomic E-state index is 13.2. The highest BCUT2D eigenvalue weighted by molar-refractivity contribution is 8.16. The van der Waals surface area contributed by atoms with Crippen molar-refractivity contribution in [1.29, 1.82) is 0 Å². The molecule has 2 aromatic rings. The van der Waals surface area contributed by atoms with Gasteiger partial charge in [0.25, 0.3) is 0 Å². The summed E-state index contributed by atoms with van der Waals surface area (Å²) in [6.07, 6.45) is 2.40. The molecule has 0 saturated carbocycles. The van der Waals surface area contributed by atoms with E-state index in [1.54, 1.807) is 43.4 Å². The lowest BCUT2D eigenvalue weighted by Gasteiger charge is -2.24. The molecule has 2 amide bonds. The number of amides is 2. The number of carbonyl (C=O) groups excluding carboxylic acids is 1. The average Bonchev–Trinajstić information content (AvgIpc) is 3.43. The van der Waals surface area contributed by atoms with Crippen LogP contribution >= 0.6 is 11.8 Å². The van der Waals surface area contributed by atoms with Crippen LogP contribution in [-0.2, 0) is 10.0 Å². The van der Waals surface area contributed by atoms with Crippen molar-refractivity contribution in [2.75, 3.05) is 42.1 Å². The average molecular weight is 472 g/mol. The van der Waals surface area contributed by atoms with Crippen LogP contribution in [0.5, 0.6) is 0 Å². The zero-order valence-corrected chi connectivity index (χ0v) is 19.5. The molecule has 0 fully saturated rings. The number of aliphatic imine (C=N–C) groups is 1. The Bertz CT molecular complexity index is 1150. The van der Waals surface area contributed by atoms with Gasteiger partial charge in [0, 0.05) is 36.9 Å². The van der Waals surface area contributed by atoms with Crippen molar-refractivity contribution in [2.24, 2.45) is 4.99 Å². The molecule has 0 aromatic heterocycles. The van der Waals surface area contributed by atoms with Gasteiger partial charge in [-0.25, -0.2) is 13.2 Å². The van der Waals surface area contributed by atoms with Crippen molar-refractivity contribution in [2.45, 2.75) is 11.0 Å². The molecule has 8 nitrogen and oxygen atoms in total. The third-order valence-electron chi connectivity index (χ3n) is 5.27. The summed E-state index contributed by atoms with van der Waals surface area (Å²) in [5, 5.41) is 5.48. The van der Waals surface area contributed by atoms with E-state index in [0.717, 1.165) is 23.8 Å². The number of likely N-dealkylation sites (N-methyl/N-ethyl adjacent to an activating group) is 1. The van der Waals surface area contributed by atoms with Gasteiger partial charge in [0.2, 0.25) is 10.0 Å². The van der Waals surface area contributed by atoms with Crippen LogP contribution in [-0.4, -0.2) is 57.0 Å². The number of thioether (sulfide) groups is 1. The van der Waals surface area contributed by atoms with Crippen molar-refractivity contribution < 1.29 is 13.2 Å². The van der Waals surface area contributed by atoms with Gasteiger partial charge in [0.1, 0.15) is 10.4 Å². The molecule has 0 bridgehead atoms. The van der Waals surface area contributed by atoms with E-state index in [2.05, 4.69) is 20.5 Å². The fraction of sp³-hybridized carbons (Fsp3) is 0.273. The van der Waals surface area contributed by atoms with Gasteiger partial charge in [-0.1, -0.05) is 24.3 Å². The van der Waals surface area contributed by atoms with Crippen molar-refractivity contribution in [3.63, 3.8) is 0 Å². The summed E-state index contributed by atoms with van der Waals surface area (Å²) in [6.45, 7) is 1.60. The molecular weight excluding hydrogens is 446 g/mol. The maximum Gasteiger partial charge on any atom is 0.323 e. The van der Waals surface area contributed by atoms with E-state index >= 15 is 0 Å². The molecule has 4 rings (SSSR count). The van der Waals surface area contributed by atoms with Crippen LogP contribution < -0.4 is 14.9 Å². The molecule has 0 spiro atoms. The van der Waals surface area contributed by atoms with Crippen molar-refractivity contribution in [1.82, 2.24) is 4.90 Å². The Kier molecular flexibility index (Phi) is 6.43. The number of nitrogens with zero attached hydrogens (tertiary/aromatic N) is 3. The molecular formula is C22H25N5O3S2. The molecule has 1 unspecified atom stereocenters. The molecule has 2 aliphatic rings. The van der Waals surface area contributed by atoms with E-state index in [1.807, 2.05) is 31.3 Å². The van der Waals surface area contributed by atoms with Crippen LogP contribution in [0.2, 0.25) is 0 Å². The summed E-state index contributed by atoms with van der Waals surface area (Å²) in [7, 11) is -0.0549. The van der Waals surface area contributed by atoms with Crippen LogP contribution in [0.1, 0.15) is 6.42 Å². The summed E-state index contributed by atoms with van der Waals surface area (Å²) < 4.78 is 27.1. The lowest BCUT2D eigenvalue weighted by atomic mass is 10.3. The molecule has 10 heteroatoms. The Balaban J connectivity index is 1.37. The second-order valence-corrected chi connectivity index (χ2v) is 11.2. The normalized spacial score (nSPS) is 18.2. The monoisotopic (exact) mass is 471 g/mol. The number of hydrogen-bond donors (Lipinski definition) is 2. The summed E-state index contributed by atoms with van der Waals surface area (Å²) in [6, 6.07) is 15.5. The van der Waals surface area contributed by atoms with Crippen LogP contribution in [0, 0.1) is 0 Å². The van der Waals surface area contributed by atoms with E-state index < -0.39 is 14.6 Å². The van der Waals surface area contributed by atoms with Crippen LogP contribution in [0.3, 0.4) is 0 Å². The first-order valence-corrected chi connectivity index (χ1v) is 12.6. The van der Waals surface area contributed by atoms with Gasteiger partial charge in [-0.2, -0.15) is 0 Å². The Labute approximate surface area is 192 Å². The number of para-hydroxylation sites is 1. The van der Waals surface area contributed by atoms with Crippen LogP contribution in [0.15, 0.2) is 70.6 Å². The molecule has 2 N–H and O–H groups in total. The van der Waals surface area contributed by atoms with E-state index in [4.69, 9.17) is 0 Å². The smallest absolute Gasteiger partial charge is 0.323 e. The van der Waals surface area contributed by atoms with Gasteiger partial charge in [-0.15, -0.1) is 11.8 Å². The minimum atomic E-state index is -3.58. The Morgan fingerprint density at radius 1 is 1.09 bits per heavy atom. The number of anilines is 3. The van der Waals surface area contributed by atoms with E-state index in [1.165, 1.54) is 16.1 Å².